The lowest BCUT2D eigenvalue weighted by Crippen LogP contribution is -2.51. The SMILES string of the molecule is COc1ccc(CN(C(=O)CN(c2cc(Cl)ccc2Cl)S(=O)(=O)c2ccccc2)[C@H](C)C(=O)NCC(C)C)cc1. The Kier molecular flexibility index (Phi) is 10.8. The molecular weight excluding hydrogens is 573 g/mol. The smallest absolute Gasteiger partial charge is 0.264 e. The van der Waals surface area contributed by atoms with Crippen molar-refractivity contribution in [2.45, 2.75) is 38.3 Å². The van der Waals surface area contributed by atoms with Gasteiger partial charge in [0.15, 0.2) is 0 Å². The topological polar surface area (TPSA) is 96.0 Å². The third kappa shape index (κ3) is 7.90. The highest BCUT2D eigenvalue weighted by Gasteiger charge is 2.33. The summed E-state index contributed by atoms with van der Waals surface area (Å²) in [4.78, 5) is 28.3. The summed E-state index contributed by atoms with van der Waals surface area (Å²) in [5, 5.41) is 3.20. The summed E-state index contributed by atoms with van der Waals surface area (Å²) in [6, 6.07) is 18.3. The molecule has 1 N–H and O–H groups in total. The second kappa shape index (κ2) is 13.9. The molecule has 0 aliphatic carbocycles. The largest absolute Gasteiger partial charge is 0.497 e. The second-order valence-electron chi connectivity index (χ2n) is 9.61. The number of hydrogen-bond donors (Lipinski definition) is 1. The first-order valence-corrected chi connectivity index (χ1v) is 14.9. The van der Waals surface area contributed by atoms with Crippen LogP contribution >= 0.6 is 23.2 Å². The van der Waals surface area contributed by atoms with Crippen LogP contribution in [0, 0.1) is 5.92 Å². The lowest BCUT2D eigenvalue weighted by molar-refractivity contribution is -0.139. The van der Waals surface area contributed by atoms with Crippen LogP contribution in [0.25, 0.3) is 0 Å². The van der Waals surface area contributed by atoms with E-state index in [9.17, 15) is 18.0 Å². The Balaban J connectivity index is 2.03. The van der Waals surface area contributed by atoms with E-state index in [0.29, 0.717) is 12.3 Å². The Morgan fingerprint density at radius 2 is 1.60 bits per heavy atom. The fourth-order valence-corrected chi connectivity index (χ4v) is 5.75. The number of carbonyl (C=O) groups excluding carboxylic acids is 2. The zero-order chi connectivity index (χ0) is 29.4. The molecule has 214 valence electrons. The molecule has 0 saturated carbocycles. The van der Waals surface area contributed by atoms with Crippen LogP contribution < -0.4 is 14.4 Å². The summed E-state index contributed by atoms with van der Waals surface area (Å²) >= 11 is 12.6. The van der Waals surface area contributed by atoms with Gasteiger partial charge in [-0.3, -0.25) is 13.9 Å². The maximum atomic E-state index is 14.0. The van der Waals surface area contributed by atoms with Crippen LogP contribution in [0.1, 0.15) is 26.3 Å². The molecule has 0 bridgehead atoms. The number of nitrogens with zero attached hydrogens (tertiary/aromatic N) is 2. The summed E-state index contributed by atoms with van der Waals surface area (Å²) in [5.74, 6) is -0.106. The number of rotatable bonds is 12. The molecule has 0 heterocycles. The van der Waals surface area contributed by atoms with E-state index in [0.717, 1.165) is 9.87 Å². The summed E-state index contributed by atoms with van der Waals surface area (Å²) in [6.45, 7) is 5.41. The van der Waals surface area contributed by atoms with Gasteiger partial charge in [0.05, 0.1) is 22.7 Å². The monoisotopic (exact) mass is 605 g/mol. The third-order valence-corrected chi connectivity index (χ3v) is 8.48. The van der Waals surface area contributed by atoms with Gasteiger partial charge in [0.25, 0.3) is 10.0 Å². The number of benzene rings is 3. The Morgan fingerprint density at radius 3 is 2.20 bits per heavy atom. The van der Waals surface area contributed by atoms with Crippen molar-refractivity contribution in [3.05, 3.63) is 88.4 Å². The van der Waals surface area contributed by atoms with Gasteiger partial charge < -0.3 is 15.0 Å². The molecular formula is C29H33Cl2N3O5S. The number of amides is 2. The van der Waals surface area contributed by atoms with Gasteiger partial charge in [-0.1, -0.05) is 67.4 Å². The second-order valence-corrected chi connectivity index (χ2v) is 12.3. The number of nitrogens with one attached hydrogen (secondary N) is 1. The van der Waals surface area contributed by atoms with E-state index >= 15 is 0 Å². The minimum atomic E-state index is -4.25. The molecule has 11 heteroatoms. The van der Waals surface area contributed by atoms with Gasteiger partial charge >= 0.3 is 0 Å². The van der Waals surface area contributed by atoms with Crippen LogP contribution in [0.4, 0.5) is 5.69 Å². The predicted molar refractivity (Wildman–Crippen MR) is 158 cm³/mol. The van der Waals surface area contributed by atoms with Crippen molar-refractivity contribution in [1.29, 1.82) is 0 Å². The lowest BCUT2D eigenvalue weighted by Gasteiger charge is -2.32. The molecule has 0 fully saturated rings. The zero-order valence-corrected chi connectivity index (χ0v) is 25.1. The van der Waals surface area contributed by atoms with Crippen molar-refractivity contribution >= 4 is 50.7 Å². The maximum absolute atomic E-state index is 14.0. The van der Waals surface area contributed by atoms with E-state index in [2.05, 4.69) is 5.32 Å². The number of halogens is 2. The van der Waals surface area contributed by atoms with Gasteiger partial charge in [-0.25, -0.2) is 8.42 Å². The van der Waals surface area contributed by atoms with Crippen molar-refractivity contribution < 1.29 is 22.7 Å². The van der Waals surface area contributed by atoms with Gasteiger partial charge in [-0.15, -0.1) is 0 Å². The van der Waals surface area contributed by atoms with E-state index in [-0.39, 0.29) is 39.0 Å². The third-order valence-electron chi connectivity index (χ3n) is 6.15. The number of carbonyl (C=O) groups is 2. The van der Waals surface area contributed by atoms with Crippen molar-refractivity contribution in [1.82, 2.24) is 10.2 Å². The molecule has 0 aliphatic heterocycles. The molecule has 2 amide bonds. The standard InChI is InChI=1S/C29H33Cl2N3O5S/c1-20(2)17-32-29(36)21(3)33(18-22-10-13-24(39-4)14-11-22)28(35)19-34(27-16-23(30)12-15-26(27)31)40(37,38)25-8-6-5-7-9-25/h5-16,20-21H,17-19H2,1-4H3,(H,32,36)/t21-/m1/s1. The number of anilines is 1. The minimum absolute atomic E-state index is 0.0247. The average molecular weight is 607 g/mol. The van der Waals surface area contributed by atoms with E-state index in [4.69, 9.17) is 27.9 Å². The van der Waals surface area contributed by atoms with Gasteiger partial charge in [-0.2, -0.15) is 0 Å². The Bertz CT molecular complexity index is 1420. The molecule has 0 radical (unpaired) electrons. The van der Waals surface area contributed by atoms with Crippen LogP contribution in [0.2, 0.25) is 10.0 Å². The number of hydrogen-bond acceptors (Lipinski definition) is 5. The lowest BCUT2D eigenvalue weighted by atomic mass is 10.1. The van der Waals surface area contributed by atoms with Crippen LogP contribution in [0.5, 0.6) is 5.75 Å². The van der Waals surface area contributed by atoms with Crippen molar-refractivity contribution in [2.24, 2.45) is 5.92 Å². The fraction of sp³-hybridized carbons (Fsp3) is 0.310. The van der Waals surface area contributed by atoms with Gasteiger partial charge in [0.1, 0.15) is 18.3 Å². The van der Waals surface area contributed by atoms with Gasteiger partial charge in [-0.05, 0) is 60.9 Å². The van der Waals surface area contributed by atoms with E-state index in [1.54, 1.807) is 56.5 Å². The number of methoxy groups -OCH3 is 1. The van der Waals surface area contributed by atoms with Crippen molar-refractivity contribution in [3.63, 3.8) is 0 Å². The van der Waals surface area contributed by atoms with Gasteiger partial charge in [0, 0.05) is 18.1 Å². The summed E-state index contributed by atoms with van der Waals surface area (Å²) < 4.78 is 33.8. The minimum Gasteiger partial charge on any atom is -0.497 e. The van der Waals surface area contributed by atoms with E-state index in [1.807, 2.05) is 13.8 Å². The summed E-state index contributed by atoms with van der Waals surface area (Å²) in [6.07, 6.45) is 0. The molecule has 0 aromatic heterocycles. The molecule has 0 aliphatic rings. The fourth-order valence-electron chi connectivity index (χ4n) is 3.87. The zero-order valence-electron chi connectivity index (χ0n) is 22.8. The molecule has 0 unspecified atom stereocenters. The summed E-state index contributed by atoms with van der Waals surface area (Å²) in [5.41, 5.74) is 0.781. The maximum Gasteiger partial charge on any atom is 0.264 e. The first kappa shape index (κ1) is 31.3. The van der Waals surface area contributed by atoms with Crippen molar-refractivity contribution in [3.8, 4) is 5.75 Å². The molecule has 1 atom stereocenters. The number of ether oxygens (including phenoxy) is 1. The Morgan fingerprint density at radius 1 is 0.950 bits per heavy atom. The predicted octanol–water partition coefficient (Wildman–Crippen LogP) is 5.39. The van der Waals surface area contributed by atoms with Gasteiger partial charge in [0.2, 0.25) is 11.8 Å². The Hall–Kier alpha value is -3.27. The molecule has 0 saturated heterocycles. The molecule has 3 aromatic carbocycles. The number of sulfonamides is 1. The quantitative estimate of drug-likeness (QED) is 0.299. The van der Waals surface area contributed by atoms with E-state index in [1.165, 1.54) is 35.2 Å². The highest BCUT2D eigenvalue weighted by Crippen LogP contribution is 2.33. The van der Waals surface area contributed by atoms with Crippen LogP contribution in [-0.4, -0.2) is 51.4 Å². The average Bonchev–Trinajstić information content (AvgIpc) is 2.94. The van der Waals surface area contributed by atoms with Crippen LogP contribution in [-0.2, 0) is 26.2 Å². The summed E-state index contributed by atoms with van der Waals surface area (Å²) in [7, 11) is -2.70. The van der Waals surface area contributed by atoms with Crippen LogP contribution in [0.15, 0.2) is 77.7 Å². The Labute approximate surface area is 245 Å². The molecule has 3 rings (SSSR count). The highest BCUT2D eigenvalue weighted by atomic mass is 35.5. The molecule has 8 nitrogen and oxygen atoms in total. The molecule has 40 heavy (non-hydrogen) atoms. The highest BCUT2D eigenvalue weighted by molar-refractivity contribution is 7.92. The van der Waals surface area contributed by atoms with E-state index < -0.39 is 28.5 Å². The van der Waals surface area contributed by atoms with Crippen molar-refractivity contribution in [2.75, 3.05) is 24.5 Å². The normalized spacial score (nSPS) is 12.1. The first-order chi connectivity index (χ1) is 18.9. The first-order valence-electron chi connectivity index (χ1n) is 12.7. The molecule has 3 aromatic rings. The molecule has 0 spiro atoms. The van der Waals surface area contributed by atoms with Crippen LogP contribution in [0.3, 0.4) is 0 Å².